The van der Waals surface area contributed by atoms with Crippen molar-refractivity contribution in [3.05, 3.63) is 66.1 Å². The molecule has 0 saturated heterocycles. The molecule has 2 heterocycles. The van der Waals surface area contributed by atoms with Crippen LogP contribution in [0.2, 0.25) is 0 Å². The lowest BCUT2D eigenvalue weighted by Gasteiger charge is -2.12. The van der Waals surface area contributed by atoms with Crippen LogP contribution in [-0.4, -0.2) is 25.4 Å². The molecule has 9 heteroatoms. The predicted octanol–water partition coefficient (Wildman–Crippen LogP) is 3.91. The van der Waals surface area contributed by atoms with Crippen molar-refractivity contribution in [2.24, 2.45) is 0 Å². The van der Waals surface area contributed by atoms with Gasteiger partial charge in [-0.05, 0) is 30.3 Å². The van der Waals surface area contributed by atoms with Crippen LogP contribution in [0.5, 0.6) is 0 Å². The van der Waals surface area contributed by atoms with Crippen molar-refractivity contribution in [1.82, 2.24) is 15.0 Å². The average molecular weight is 392 g/mol. The van der Waals surface area contributed by atoms with Gasteiger partial charge in [-0.15, -0.1) is 0 Å². The average Bonchev–Trinajstić information content (AvgIpc) is 2.66. The van der Waals surface area contributed by atoms with E-state index in [9.17, 15) is 17.4 Å². The standard InChI is InChI=1S/C18H15F3N4OS/c1-27(26)14-7-5-12(6-8-14)15-10-16(18(19,20)21)25-17(24-15)23-11-13-4-2-3-9-22-13/h2-10H,11H2,1H3,(H,23,24,25). The molecule has 0 spiro atoms. The Labute approximate surface area is 156 Å². The fourth-order valence-electron chi connectivity index (χ4n) is 2.31. The Balaban J connectivity index is 1.94. The summed E-state index contributed by atoms with van der Waals surface area (Å²) in [5.41, 5.74) is 0.196. The SMILES string of the molecule is CS(=O)c1ccc(-c2cc(C(F)(F)F)nc(NCc3ccccn3)n2)cc1. The number of pyridine rings is 1. The van der Waals surface area contributed by atoms with Crippen molar-refractivity contribution in [2.75, 3.05) is 11.6 Å². The van der Waals surface area contributed by atoms with E-state index in [0.29, 0.717) is 16.2 Å². The first-order valence-corrected chi connectivity index (χ1v) is 9.42. The highest BCUT2D eigenvalue weighted by molar-refractivity contribution is 7.84. The molecule has 140 valence electrons. The minimum absolute atomic E-state index is 0.120. The van der Waals surface area contributed by atoms with E-state index in [1.807, 2.05) is 0 Å². The molecular weight excluding hydrogens is 377 g/mol. The molecule has 0 bridgehead atoms. The van der Waals surface area contributed by atoms with Gasteiger partial charge in [-0.2, -0.15) is 13.2 Å². The summed E-state index contributed by atoms with van der Waals surface area (Å²) >= 11 is 0. The van der Waals surface area contributed by atoms with Gasteiger partial charge in [0.2, 0.25) is 5.95 Å². The molecule has 1 N–H and O–H groups in total. The smallest absolute Gasteiger partial charge is 0.349 e. The van der Waals surface area contributed by atoms with Crippen LogP contribution in [0.4, 0.5) is 19.1 Å². The van der Waals surface area contributed by atoms with Crippen LogP contribution in [0.15, 0.2) is 59.6 Å². The van der Waals surface area contributed by atoms with Gasteiger partial charge >= 0.3 is 6.18 Å². The number of nitrogens with zero attached hydrogens (tertiary/aromatic N) is 3. The Morgan fingerprint density at radius 3 is 2.41 bits per heavy atom. The summed E-state index contributed by atoms with van der Waals surface area (Å²) in [6.07, 6.45) is -1.49. The van der Waals surface area contributed by atoms with E-state index < -0.39 is 22.7 Å². The molecular formula is C18H15F3N4OS. The third-order valence-electron chi connectivity index (χ3n) is 3.65. The van der Waals surface area contributed by atoms with Crippen LogP contribution in [0.1, 0.15) is 11.4 Å². The number of nitrogens with one attached hydrogen (secondary N) is 1. The molecule has 0 radical (unpaired) electrons. The maximum Gasteiger partial charge on any atom is 0.433 e. The van der Waals surface area contributed by atoms with Crippen LogP contribution >= 0.6 is 0 Å². The number of anilines is 1. The van der Waals surface area contributed by atoms with Crippen LogP contribution in [0.3, 0.4) is 0 Å². The van der Waals surface area contributed by atoms with Crippen LogP contribution in [0, 0.1) is 0 Å². The van der Waals surface area contributed by atoms with Crippen molar-refractivity contribution in [1.29, 1.82) is 0 Å². The molecule has 3 rings (SSSR count). The van der Waals surface area contributed by atoms with Crippen molar-refractivity contribution >= 4 is 16.7 Å². The summed E-state index contributed by atoms with van der Waals surface area (Å²) in [6.45, 7) is 0.190. The van der Waals surface area contributed by atoms with E-state index in [0.717, 1.165) is 6.07 Å². The van der Waals surface area contributed by atoms with Gasteiger partial charge in [-0.1, -0.05) is 18.2 Å². The van der Waals surface area contributed by atoms with Gasteiger partial charge < -0.3 is 5.32 Å². The summed E-state index contributed by atoms with van der Waals surface area (Å²) in [4.78, 5) is 12.4. The molecule has 0 aliphatic rings. The maximum absolute atomic E-state index is 13.2. The molecule has 0 aliphatic heterocycles. The topological polar surface area (TPSA) is 67.8 Å². The molecule has 1 atom stereocenters. The van der Waals surface area contributed by atoms with Crippen molar-refractivity contribution in [3.63, 3.8) is 0 Å². The highest BCUT2D eigenvalue weighted by Gasteiger charge is 2.33. The number of benzene rings is 1. The normalized spacial score (nSPS) is 12.6. The Bertz CT molecular complexity index is 947. The van der Waals surface area contributed by atoms with Gasteiger partial charge in [0.1, 0.15) is 0 Å². The number of alkyl halides is 3. The monoisotopic (exact) mass is 392 g/mol. The number of hydrogen-bond donors (Lipinski definition) is 1. The summed E-state index contributed by atoms with van der Waals surface area (Å²) in [7, 11) is -1.17. The quantitative estimate of drug-likeness (QED) is 0.713. The van der Waals surface area contributed by atoms with E-state index in [1.165, 1.54) is 6.26 Å². The molecule has 27 heavy (non-hydrogen) atoms. The Morgan fingerprint density at radius 1 is 1.07 bits per heavy atom. The van der Waals surface area contributed by atoms with E-state index in [1.54, 1.807) is 48.7 Å². The zero-order chi connectivity index (χ0) is 19.4. The first-order chi connectivity index (χ1) is 12.8. The molecule has 5 nitrogen and oxygen atoms in total. The zero-order valence-electron chi connectivity index (χ0n) is 14.2. The number of hydrogen-bond acceptors (Lipinski definition) is 5. The Hall–Kier alpha value is -2.81. The van der Waals surface area contributed by atoms with Crippen molar-refractivity contribution in [2.45, 2.75) is 17.6 Å². The largest absolute Gasteiger partial charge is 0.433 e. The molecule has 3 aromatic rings. The predicted molar refractivity (Wildman–Crippen MR) is 96.4 cm³/mol. The summed E-state index contributed by atoms with van der Waals surface area (Å²) in [5.74, 6) is -0.145. The highest BCUT2D eigenvalue weighted by Crippen LogP contribution is 2.31. The second-order valence-electron chi connectivity index (χ2n) is 5.61. The van der Waals surface area contributed by atoms with Gasteiger partial charge in [0, 0.05) is 33.7 Å². The lowest BCUT2D eigenvalue weighted by Crippen LogP contribution is -2.13. The summed E-state index contributed by atoms with van der Waals surface area (Å²) < 4.78 is 51.2. The first-order valence-electron chi connectivity index (χ1n) is 7.87. The van der Waals surface area contributed by atoms with E-state index in [-0.39, 0.29) is 18.2 Å². The third-order valence-corrected chi connectivity index (χ3v) is 4.59. The number of aromatic nitrogens is 3. The highest BCUT2D eigenvalue weighted by atomic mass is 32.2. The Kier molecular flexibility index (Phi) is 5.50. The second kappa shape index (κ2) is 7.83. The zero-order valence-corrected chi connectivity index (χ0v) is 15.0. The van der Waals surface area contributed by atoms with E-state index in [2.05, 4.69) is 20.3 Å². The summed E-state index contributed by atoms with van der Waals surface area (Å²) in [5, 5.41) is 2.78. The third kappa shape index (κ3) is 4.88. The fraction of sp³-hybridized carbons (Fsp3) is 0.167. The lowest BCUT2D eigenvalue weighted by atomic mass is 10.1. The summed E-state index contributed by atoms with van der Waals surface area (Å²) in [6, 6.07) is 12.5. The second-order valence-corrected chi connectivity index (χ2v) is 6.99. The minimum Gasteiger partial charge on any atom is -0.349 e. The Morgan fingerprint density at radius 2 is 1.81 bits per heavy atom. The van der Waals surface area contributed by atoms with Gasteiger partial charge in [0.25, 0.3) is 0 Å². The molecule has 1 aromatic carbocycles. The molecule has 0 amide bonds. The van der Waals surface area contributed by atoms with E-state index >= 15 is 0 Å². The molecule has 2 aromatic heterocycles. The molecule has 0 saturated carbocycles. The molecule has 0 fully saturated rings. The van der Waals surface area contributed by atoms with Gasteiger partial charge in [0.15, 0.2) is 5.69 Å². The van der Waals surface area contributed by atoms with Gasteiger partial charge in [-0.25, -0.2) is 9.97 Å². The van der Waals surface area contributed by atoms with E-state index in [4.69, 9.17) is 0 Å². The first kappa shape index (κ1) is 19.0. The van der Waals surface area contributed by atoms with Crippen molar-refractivity contribution in [3.8, 4) is 11.3 Å². The van der Waals surface area contributed by atoms with Gasteiger partial charge in [0.05, 0.1) is 17.9 Å². The fourth-order valence-corrected chi connectivity index (χ4v) is 2.83. The number of rotatable bonds is 5. The number of halogens is 3. The van der Waals surface area contributed by atoms with Crippen LogP contribution in [0.25, 0.3) is 11.3 Å². The maximum atomic E-state index is 13.2. The van der Waals surface area contributed by atoms with Crippen LogP contribution < -0.4 is 5.32 Å². The lowest BCUT2D eigenvalue weighted by molar-refractivity contribution is -0.141. The van der Waals surface area contributed by atoms with Crippen LogP contribution in [-0.2, 0) is 23.5 Å². The molecule has 0 aliphatic carbocycles. The molecule has 1 unspecified atom stereocenters. The minimum atomic E-state index is -4.61. The van der Waals surface area contributed by atoms with Crippen molar-refractivity contribution < 1.29 is 17.4 Å². The van der Waals surface area contributed by atoms with Gasteiger partial charge in [-0.3, -0.25) is 9.19 Å².